The zero-order valence-electron chi connectivity index (χ0n) is 15.4. The Kier molecular flexibility index (Phi) is 6.90. The van der Waals surface area contributed by atoms with E-state index < -0.39 is 0 Å². The van der Waals surface area contributed by atoms with E-state index in [1.165, 1.54) is 11.8 Å². The molecule has 2 N–H and O–H groups in total. The van der Waals surface area contributed by atoms with E-state index in [1.807, 2.05) is 30.3 Å². The Bertz CT molecular complexity index is 1000. The normalized spacial score (nSPS) is 10.6. The molecule has 0 aliphatic carbocycles. The zero-order valence-corrected chi connectivity index (χ0v) is 16.9. The Morgan fingerprint density at radius 2 is 1.86 bits per heavy atom. The summed E-state index contributed by atoms with van der Waals surface area (Å²) in [4.78, 5) is 31.9. The van der Waals surface area contributed by atoms with Crippen LogP contribution in [0.15, 0.2) is 64.5 Å². The van der Waals surface area contributed by atoms with Gasteiger partial charge in [-0.15, -0.1) is 0 Å². The number of aryl methyl sites for hydroxylation is 1. The summed E-state index contributed by atoms with van der Waals surface area (Å²) in [6.45, 7) is 1.80. The first-order chi connectivity index (χ1) is 13.5. The molecule has 3 aromatic rings. The lowest BCUT2D eigenvalue weighted by atomic mass is 10.1. The third-order valence-corrected chi connectivity index (χ3v) is 5.35. The van der Waals surface area contributed by atoms with Crippen LogP contribution in [0.3, 0.4) is 0 Å². The van der Waals surface area contributed by atoms with Crippen LogP contribution in [0.2, 0.25) is 5.02 Å². The van der Waals surface area contributed by atoms with E-state index in [1.54, 1.807) is 31.2 Å². The third kappa shape index (κ3) is 5.71. The molecule has 3 rings (SSSR count). The van der Waals surface area contributed by atoms with Crippen LogP contribution in [0, 0.1) is 6.92 Å². The fraction of sp³-hybridized carbons (Fsp3) is 0.190. The third-order valence-electron chi connectivity index (χ3n) is 4.15. The molecule has 0 unspecified atom stereocenters. The second kappa shape index (κ2) is 9.57. The molecule has 2 aromatic carbocycles. The molecule has 7 heteroatoms. The molecule has 0 saturated carbocycles. The number of nitrogens with one attached hydrogen (secondary N) is 2. The quantitative estimate of drug-likeness (QED) is 0.438. The minimum atomic E-state index is -0.192. The van der Waals surface area contributed by atoms with Gasteiger partial charge in [0.25, 0.3) is 5.56 Å². The highest BCUT2D eigenvalue weighted by molar-refractivity contribution is 7.98. The van der Waals surface area contributed by atoms with Gasteiger partial charge in [0, 0.05) is 34.1 Å². The highest BCUT2D eigenvalue weighted by Crippen LogP contribution is 2.19. The van der Waals surface area contributed by atoms with Gasteiger partial charge in [0.1, 0.15) is 0 Å². The molecule has 0 spiro atoms. The van der Waals surface area contributed by atoms with E-state index in [-0.39, 0.29) is 17.9 Å². The highest BCUT2D eigenvalue weighted by atomic mass is 35.5. The van der Waals surface area contributed by atoms with Crippen molar-refractivity contribution >= 4 is 35.0 Å². The lowest BCUT2D eigenvalue weighted by molar-refractivity contribution is -0.116. The first kappa shape index (κ1) is 20.2. The number of hydrogen-bond acceptors (Lipinski definition) is 4. The molecule has 144 valence electrons. The summed E-state index contributed by atoms with van der Waals surface area (Å²) in [6, 6.07) is 16.9. The van der Waals surface area contributed by atoms with Gasteiger partial charge >= 0.3 is 0 Å². The van der Waals surface area contributed by atoms with Gasteiger partial charge in [-0.1, -0.05) is 53.7 Å². The number of hydrogen-bond donors (Lipinski definition) is 2. The molecular formula is C21H20ClN3O2S. The molecule has 0 radical (unpaired) electrons. The second-order valence-corrected chi connectivity index (χ2v) is 7.66. The first-order valence-electron chi connectivity index (χ1n) is 8.83. The first-order valence-corrected chi connectivity index (χ1v) is 10.2. The van der Waals surface area contributed by atoms with E-state index in [4.69, 9.17) is 11.6 Å². The topological polar surface area (TPSA) is 74.8 Å². The van der Waals surface area contributed by atoms with Gasteiger partial charge in [-0.05, 0) is 43.2 Å². The van der Waals surface area contributed by atoms with Crippen molar-refractivity contribution in [1.29, 1.82) is 0 Å². The van der Waals surface area contributed by atoms with Gasteiger partial charge in [0.05, 0.1) is 0 Å². The van der Waals surface area contributed by atoms with Crippen molar-refractivity contribution in [3.63, 3.8) is 0 Å². The van der Waals surface area contributed by atoms with Crippen LogP contribution in [-0.2, 0) is 17.0 Å². The molecule has 0 saturated heterocycles. The summed E-state index contributed by atoms with van der Waals surface area (Å²) >= 11 is 7.32. The van der Waals surface area contributed by atoms with Gasteiger partial charge in [-0.3, -0.25) is 9.59 Å². The molecule has 1 heterocycles. The molecule has 0 bridgehead atoms. The lowest BCUT2D eigenvalue weighted by Crippen LogP contribution is -2.20. The van der Waals surface area contributed by atoms with Gasteiger partial charge in [0.15, 0.2) is 5.16 Å². The molecule has 0 aliphatic rings. The Hall–Kier alpha value is -2.57. The predicted molar refractivity (Wildman–Crippen MR) is 114 cm³/mol. The van der Waals surface area contributed by atoms with Gasteiger partial charge in [-0.2, -0.15) is 0 Å². The lowest BCUT2D eigenvalue weighted by Gasteiger charge is -2.08. The average molecular weight is 414 g/mol. The van der Waals surface area contributed by atoms with Crippen LogP contribution < -0.4 is 10.9 Å². The number of carbonyl (C=O) groups is 1. The largest absolute Gasteiger partial charge is 0.326 e. The van der Waals surface area contributed by atoms with Gasteiger partial charge in [0.2, 0.25) is 5.91 Å². The smallest absolute Gasteiger partial charge is 0.254 e. The monoisotopic (exact) mass is 413 g/mol. The fourth-order valence-electron chi connectivity index (χ4n) is 2.67. The average Bonchev–Trinajstić information content (AvgIpc) is 2.68. The van der Waals surface area contributed by atoms with Crippen LogP contribution in [0.5, 0.6) is 0 Å². The van der Waals surface area contributed by atoms with Crippen LogP contribution >= 0.6 is 23.4 Å². The maximum atomic E-state index is 12.4. The van der Waals surface area contributed by atoms with Crippen LogP contribution in [0.4, 0.5) is 5.69 Å². The maximum Gasteiger partial charge on any atom is 0.254 e. The minimum absolute atomic E-state index is 0.163. The molecule has 1 amide bonds. The molecule has 5 nitrogen and oxygen atoms in total. The SMILES string of the molecule is Cc1nc(SCc2ccccc2)[nH]c(=O)c1CCC(=O)Nc1ccc(Cl)cc1. The number of aromatic amines is 1. The molecule has 0 fully saturated rings. The number of aromatic nitrogens is 2. The van der Waals surface area contributed by atoms with E-state index >= 15 is 0 Å². The number of halogens is 1. The summed E-state index contributed by atoms with van der Waals surface area (Å²) in [5.41, 5.74) is 2.83. The van der Waals surface area contributed by atoms with Gasteiger partial charge in [-0.25, -0.2) is 4.98 Å². The van der Waals surface area contributed by atoms with Crippen molar-refractivity contribution in [2.24, 2.45) is 0 Å². The fourth-order valence-corrected chi connectivity index (χ4v) is 3.66. The number of H-pyrrole nitrogens is 1. The Balaban J connectivity index is 1.58. The maximum absolute atomic E-state index is 12.4. The standard InChI is InChI=1S/C21H20ClN3O2S/c1-14-18(11-12-19(26)24-17-9-7-16(22)8-10-17)20(27)25-21(23-14)28-13-15-5-3-2-4-6-15/h2-10H,11-13H2,1H3,(H,24,26)(H,23,25,27). The van der Waals surface area contributed by atoms with Crippen molar-refractivity contribution < 1.29 is 4.79 Å². The summed E-state index contributed by atoms with van der Waals surface area (Å²) < 4.78 is 0. The number of benzene rings is 2. The van der Waals surface area contributed by atoms with Crippen molar-refractivity contribution in [3.8, 4) is 0 Å². The van der Waals surface area contributed by atoms with Crippen LogP contribution in [0.25, 0.3) is 0 Å². The summed E-state index contributed by atoms with van der Waals surface area (Å²) in [6.07, 6.45) is 0.530. The van der Waals surface area contributed by atoms with E-state index in [2.05, 4.69) is 15.3 Å². The van der Waals surface area contributed by atoms with Crippen molar-refractivity contribution in [3.05, 3.63) is 86.8 Å². The highest BCUT2D eigenvalue weighted by Gasteiger charge is 2.11. The van der Waals surface area contributed by atoms with E-state index in [9.17, 15) is 9.59 Å². The van der Waals surface area contributed by atoms with Crippen molar-refractivity contribution in [2.45, 2.75) is 30.7 Å². The molecular weight excluding hydrogens is 394 g/mol. The number of rotatable bonds is 7. The Morgan fingerprint density at radius 3 is 2.54 bits per heavy atom. The molecule has 0 atom stereocenters. The number of nitrogens with zero attached hydrogens (tertiary/aromatic N) is 1. The second-order valence-electron chi connectivity index (χ2n) is 6.26. The predicted octanol–water partition coefficient (Wildman–Crippen LogP) is 4.60. The number of carbonyl (C=O) groups excluding carboxylic acids is 1. The number of amides is 1. The van der Waals surface area contributed by atoms with Crippen LogP contribution in [-0.4, -0.2) is 15.9 Å². The summed E-state index contributed by atoms with van der Waals surface area (Å²) in [7, 11) is 0. The Morgan fingerprint density at radius 1 is 1.14 bits per heavy atom. The molecule has 28 heavy (non-hydrogen) atoms. The summed E-state index contributed by atoms with van der Waals surface area (Å²) in [5.74, 6) is 0.565. The molecule has 0 aliphatic heterocycles. The number of anilines is 1. The Labute approximate surface area is 172 Å². The summed E-state index contributed by atoms with van der Waals surface area (Å²) in [5, 5.41) is 3.99. The minimum Gasteiger partial charge on any atom is -0.326 e. The number of thioether (sulfide) groups is 1. The van der Waals surface area contributed by atoms with E-state index in [0.717, 1.165) is 11.3 Å². The van der Waals surface area contributed by atoms with Crippen LogP contribution in [0.1, 0.15) is 23.2 Å². The zero-order chi connectivity index (χ0) is 19.9. The van der Waals surface area contributed by atoms with Crippen molar-refractivity contribution in [1.82, 2.24) is 9.97 Å². The van der Waals surface area contributed by atoms with Gasteiger partial charge < -0.3 is 10.3 Å². The molecule has 1 aromatic heterocycles. The van der Waals surface area contributed by atoms with Crippen molar-refractivity contribution in [2.75, 3.05) is 5.32 Å². The van der Waals surface area contributed by atoms with E-state index in [0.29, 0.717) is 33.5 Å².